The van der Waals surface area contributed by atoms with Crippen LogP contribution >= 0.6 is 0 Å². The molecule has 0 atom stereocenters. The molecule has 98 valence electrons. The molecule has 1 saturated carbocycles. The van der Waals surface area contributed by atoms with Crippen LogP contribution in [0.25, 0.3) is 0 Å². The lowest BCUT2D eigenvalue weighted by Crippen LogP contribution is -2.27. The molecule has 1 fully saturated rings. The predicted octanol–water partition coefficient (Wildman–Crippen LogP) is 2.86. The molecule has 4 heteroatoms. The summed E-state index contributed by atoms with van der Waals surface area (Å²) in [6.45, 7) is 0.482. The molecule has 1 aliphatic rings. The molecule has 18 heavy (non-hydrogen) atoms. The van der Waals surface area contributed by atoms with Crippen LogP contribution in [0.3, 0.4) is 0 Å². The Labute approximate surface area is 107 Å². The molecule has 0 saturated heterocycles. The lowest BCUT2D eigenvalue weighted by Gasteiger charge is -2.12. The van der Waals surface area contributed by atoms with Crippen molar-refractivity contribution in [1.29, 1.82) is 0 Å². The van der Waals surface area contributed by atoms with E-state index in [9.17, 15) is 4.79 Å². The Morgan fingerprint density at radius 1 is 1.28 bits per heavy atom. The Bertz CT molecular complexity index is 383. The van der Waals surface area contributed by atoms with Crippen LogP contribution in [0.1, 0.15) is 31.2 Å². The molecule has 0 aromatic heterocycles. The van der Waals surface area contributed by atoms with Gasteiger partial charge in [-0.1, -0.05) is 12.1 Å². The number of hydrogen-bond acceptors (Lipinski definition) is 3. The van der Waals surface area contributed by atoms with Gasteiger partial charge >= 0.3 is 6.09 Å². The van der Waals surface area contributed by atoms with Crippen molar-refractivity contribution in [3.63, 3.8) is 0 Å². The van der Waals surface area contributed by atoms with Gasteiger partial charge in [-0.25, -0.2) is 4.79 Å². The van der Waals surface area contributed by atoms with Gasteiger partial charge in [-0.3, -0.25) is 0 Å². The van der Waals surface area contributed by atoms with Crippen molar-refractivity contribution in [2.75, 3.05) is 7.11 Å². The molecule has 0 radical (unpaired) electrons. The number of rotatable bonds is 4. The number of amides is 1. The molecule has 4 nitrogen and oxygen atoms in total. The smallest absolute Gasteiger partial charge is 0.407 e. The normalized spacial score (nSPS) is 15.4. The molecule has 2 rings (SSSR count). The maximum absolute atomic E-state index is 11.5. The van der Waals surface area contributed by atoms with Gasteiger partial charge in [0, 0.05) is 6.54 Å². The molecule has 0 spiro atoms. The zero-order valence-electron chi connectivity index (χ0n) is 10.6. The third-order valence-electron chi connectivity index (χ3n) is 3.17. The van der Waals surface area contributed by atoms with Gasteiger partial charge in [0.1, 0.15) is 11.9 Å². The zero-order valence-corrected chi connectivity index (χ0v) is 10.6. The fourth-order valence-electron chi connectivity index (χ4n) is 2.12. The first-order chi connectivity index (χ1) is 8.78. The number of carbonyl (C=O) groups is 1. The first kappa shape index (κ1) is 12.7. The van der Waals surface area contributed by atoms with Gasteiger partial charge < -0.3 is 14.8 Å². The fraction of sp³-hybridized carbons (Fsp3) is 0.500. The Balaban J connectivity index is 1.74. The van der Waals surface area contributed by atoms with E-state index in [4.69, 9.17) is 9.47 Å². The minimum Gasteiger partial charge on any atom is -0.497 e. The number of ether oxygens (including phenoxy) is 2. The summed E-state index contributed by atoms with van der Waals surface area (Å²) in [5, 5.41) is 2.76. The van der Waals surface area contributed by atoms with Gasteiger partial charge in [0.2, 0.25) is 0 Å². The first-order valence-corrected chi connectivity index (χ1v) is 6.35. The van der Waals surface area contributed by atoms with Crippen LogP contribution in [0.5, 0.6) is 5.75 Å². The molecule has 1 amide bonds. The molecule has 1 N–H and O–H groups in total. The van der Waals surface area contributed by atoms with Gasteiger partial charge in [0.05, 0.1) is 7.11 Å². The van der Waals surface area contributed by atoms with E-state index in [0.29, 0.717) is 6.54 Å². The standard InChI is InChI=1S/C14H19NO3/c1-17-12-8-6-11(7-9-12)10-15-14(16)18-13-4-2-3-5-13/h6-9,13H,2-5,10H2,1H3,(H,15,16). The Kier molecular flexibility index (Phi) is 4.45. The largest absolute Gasteiger partial charge is 0.497 e. The highest BCUT2D eigenvalue weighted by Gasteiger charge is 2.18. The third-order valence-corrected chi connectivity index (χ3v) is 3.17. The third kappa shape index (κ3) is 3.65. The Morgan fingerprint density at radius 3 is 2.56 bits per heavy atom. The van der Waals surface area contributed by atoms with E-state index < -0.39 is 0 Å². The van der Waals surface area contributed by atoms with Crippen LogP contribution in [-0.4, -0.2) is 19.3 Å². The van der Waals surface area contributed by atoms with Crippen molar-refractivity contribution in [3.8, 4) is 5.75 Å². The number of alkyl carbamates (subject to hydrolysis) is 1. The summed E-state index contributed by atoms with van der Waals surface area (Å²) in [5.41, 5.74) is 1.03. The van der Waals surface area contributed by atoms with Crippen LogP contribution in [-0.2, 0) is 11.3 Å². The SMILES string of the molecule is COc1ccc(CNC(=O)OC2CCCC2)cc1. The number of hydrogen-bond donors (Lipinski definition) is 1. The van der Waals surface area contributed by atoms with Crippen molar-refractivity contribution in [2.45, 2.75) is 38.3 Å². The van der Waals surface area contributed by atoms with Gasteiger partial charge in [-0.05, 0) is 43.4 Å². The molecule has 1 aromatic rings. The second-order valence-corrected chi connectivity index (χ2v) is 4.51. The molecular formula is C14H19NO3. The second-order valence-electron chi connectivity index (χ2n) is 4.51. The summed E-state index contributed by atoms with van der Waals surface area (Å²) in [5.74, 6) is 0.812. The Hall–Kier alpha value is -1.71. The summed E-state index contributed by atoms with van der Waals surface area (Å²) in [4.78, 5) is 11.5. The average molecular weight is 249 g/mol. The van der Waals surface area contributed by atoms with Crippen LogP contribution in [0.2, 0.25) is 0 Å². The Morgan fingerprint density at radius 2 is 1.94 bits per heavy atom. The van der Waals surface area contributed by atoms with E-state index in [0.717, 1.165) is 37.0 Å². The van der Waals surface area contributed by atoms with E-state index in [1.54, 1.807) is 7.11 Å². The second kappa shape index (κ2) is 6.28. The lowest BCUT2D eigenvalue weighted by molar-refractivity contribution is 0.101. The lowest BCUT2D eigenvalue weighted by atomic mass is 10.2. The van der Waals surface area contributed by atoms with E-state index in [1.165, 1.54) is 0 Å². The molecule has 1 aromatic carbocycles. The van der Waals surface area contributed by atoms with Crippen molar-refractivity contribution < 1.29 is 14.3 Å². The molecule has 0 bridgehead atoms. The van der Waals surface area contributed by atoms with E-state index in [-0.39, 0.29) is 12.2 Å². The molecule has 0 heterocycles. The summed E-state index contributed by atoms with van der Waals surface area (Å²) in [6.07, 6.45) is 4.11. The first-order valence-electron chi connectivity index (χ1n) is 6.35. The van der Waals surface area contributed by atoms with Crippen molar-refractivity contribution >= 4 is 6.09 Å². The van der Waals surface area contributed by atoms with Gasteiger partial charge in [0.15, 0.2) is 0 Å². The van der Waals surface area contributed by atoms with E-state index in [1.807, 2.05) is 24.3 Å². The molecule has 0 aliphatic heterocycles. The monoisotopic (exact) mass is 249 g/mol. The number of carbonyl (C=O) groups excluding carboxylic acids is 1. The highest BCUT2D eigenvalue weighted by molar-refractivity contribution is 5.67. The maximum atomic E-state index is 11.5. The van der Waals surface area contributed by atoms with E-state index >= 15 is 0 Å². The van der Waals surface area contributed by atoms with Gasteiger partial charge in [0.25, 0.3) is 0 Å². The summed E-state index contributed by atoms with van der Waals surface area (Å²) in [7, 11) is 1.63. The van der Waals surface area contributed by atoms with Gasteiger partial charge in [-0.2, -0.15) is 0 Å². The predicted molar refractivity (Wildman–Crippen MR) is 68.6 cm³/mol. The average Bonchev–Trinajstić information content (AvgIpc) is 2.90. The highest BCUT2D eigenvalue weighted by Crippen LogP contribution is 2.20. The molecular weight excluding hydrogens is 230 g/mol. The molecule has 1 aliphatic carbocycles. The van der Waals surface area contributed by atoms with Crippen LogP contribution in [0.4, 0.5) is 4.79 Å². The van der Waals surface area contributed by atoms with Crippen LogP contribution < -0.4 is 10.1 Å². The fourth-order valence-corrected chi connectivity index (χ4v) is 2.12. The van der Waals surface area contributed by atoms with Crippen LogP contribution in [0.15, 0.2) is 24.3 Å². The minimum absolute atomic E-state index is 0.112. The minimum atomic E-state index is -0.322. The van der Waals surface area contributed by atoms with E-state index in [2.05, 4.69) is 5.32 Å². The van der Waals surface area contributed by atoms with Crippen molar-refractivity contribution in [3.05, 3.63) is 29.8 Å². The van der Waals surface area contributed by atoms with Crippen molar-refractivity contribution in [1.82, 2.24) is 5.32 Å². The van der Waals surface area contributed by atoms with Crippen LogP contribution in [0, 0.1) is 0 Å². The zero-order chi connectivity index (χ0) is 12.8. The maximum Gasteiger partial charge on any atom is 0.407 e. The molecule has 0 unspecified atom stereocenters. The highest BCUT2D eigenvalue weighted by atomic mass is 16.6. The topological polar surface area (TPSA) is 47.6 Å². The summed E-state index contributed by atoms with van der Waals surface area (Å²) >= 11 is 0. The van der Waals surface area contributed by atoms with Crippen molar-refractivity contribution in [2.24, 2.45) is 0 Å². The number of nitrogens with one attached hydrogen (secondary N) is 1. The van der Waals surface area contributed by atoms with Gasteiger partial charge in [-0.15, -0.1) is 0 Å². The quantitative estimate of drug-likeness (QED) is 0.892. The summed E-state index contributed by atoms with van der Waals surface area (Å²) in [6, 6.07) is 7.60. The summed E-state index contributed by atoms with van der Waals surface area (Å²) < 4.78 is 10.4. The number of benzene rings is 1. The number of methoxy groups -OCH3 is 1.